The van der Waals surface area contributed by atoms with E-state index in [1.807, 2.05) is 4.90 Å². The normalized spacial score (nSPS) is 20.4. The largest absolute Gasteiger partial charge is 0.294 e. The van der Waals surface area contributed by atoms with Crippen LogP contribution in [0.15, 0.2) is 24.3 Å². The molecule has 1 heterocycles. The Balaban J connectivity index is 2.01. The molecule has 0 radical (unpaired) electrons. The molecule has 1 aliphatic rings. The third-order valence-corrected chi connectivity index (χ3v) is 6.17. The average Bonchev–Trinajstić information content (AvgIpc) is 2.44. The molecule has 1 aromatic rings. The molecule has 1 atom stereocenters. The van der Waals surface area contributed by atoms with Crippen LogP contribution in [-0.2, 0) is 9.84 Å². The van der Waals surface area contributed by atoms with E-state index in [1.165, 1.54) is 24.5 Å². The Kier molecular flexibility index (Phi) is 5.40. The lowest BCUT2D eigenvalue weighted by molar-refractivity contribution is 0.0959. The Bertz CT molecular complexity index is 618. The number of carbonyl (C=O) groups is 1. The topological polar surface area (TPSA) is 54.5 Å². The van der Waals surface area contributed by atoms with E-state index < -0.39 is 21.0 Å². The van der Waals surface area contributed by atoms with Crippen molar-refractivity contribution >= 4 is 27.4 Å². The van der Waals surface area contributed by atoms with Gasteiger partial charge in [0.2, 0.25) is 0 Å². The summed E-state index contributed by atoms with van der Waals surface area (Å²) in [4.78, 5) is 13.9. The van der Waals surface area contributed by atoms with Gasteiger partial charge in [-0.15, -0.1) is 0 Å². The molecule has 2 rings (SSSR count). The predicted octanol–water partition coefficient (Wildman–Crippen LogP) is 1.82. The van der Waals surface area contributed by atoms with Gasteiger partial charge in [-0.3, -0.25) is 9.69 Å². The van der Waals surface area contributed by atoms with E-state index in [9.17, 15) is 17.6 Å². The molecule has 7 heteroatoms. The van der Waals surface area contributed by atoms with Crippen molar-refractivity contribution in [3.05, 3.63) is 35.6 Å². The first-order chi connectivity index (χ1) is 9.89. The first kappa shape index (κ1) is 16.5. The summed E-state index contributed by atoms with van der Waals surface area (Å²) in [6.07, 6.45) is 1.34. The highest BCUT2D eigenvalue weighted by atomic mass is 32.2. The molecule has 1 saturated heterocycles. The zero-order chi connectivity index (χ0) is 15.5. The van der Waals surface area contributed by atoms with E-state index in [0.29, 0.717) is 18.8 Å². The van der Waals surface area contributed by atoms with Crippen LogP contribution in [0.5, 0.6) is 0 Å². The van der Waals surface area contributed by atoms with Crippen LogP contribution in [0, 0.1) is 5.82 Å². The number of nitrogens with zero attached hydrogens (tertiary/aromatic N) is 1. The number of thioether (sulfide) groups is 1. The highest BCUT2D eigenvalue weighted by Gasteiger charge is 2.31. The van der Waals surface area contributed by atoms with Gasteiger partial charge in [-0.2, -0.15) is 11.8 Å². The molecule has 0 N–H and O–H groups in total. The molecule has 0 amide bonds. The molecule has 0 saturated carbocycles. The standard InChI is InChI=1S/C14H18FNO3S2/c1-21(18,19)14-10-20-9-8-16(14)7-6-13(17)11-4-2-3-5-12(11)15/h2-5,14H,6-10H2,1H3. The molecule has 4 nitrogen and oxygen atoms in total. The number of benzene rings is 1. The molecule has 0 bridgehead atoms. The highest BCUT2D eigenvalue weighted by molar-refractivity contribution is 8.00. The number of carbonyl (C=O) groups excluding carboxylic acids is 1. The summed E-state index contributed by atoms with van der Waals surface area (Å²) in [6, 6.07) is 5.86. The Labute approximate surface area is 128 Å². The fourth-order valence-electron chi connectivity index (χ4n) is 2.33. The molecule has 1 unspecified atom stereocenters. The second-order valence-corrected chi connectivity index (χ2v) is 8.40. The van der Waals surface area contributed by atoms with Crippen molar-refractivity contribution in [1.82, 2.24) is 4.90 Å². The van der Waals surface area contributed by atoms with Gasteiger partial charge in [0.15, 0.2) is 15.6 Å². The zero-order valence-corrected chi connectivity index (χ0v) is 13.4. The van der Waals surface area contributed by atoms with Gasteiger partial charge in [0.1, 0.15) is 11.2 Å². The minimum Gasteiger partial charge on any atom is -0.294 e. The smallest absolute Gasteiger partial charge is 0.167 e. The molecule has 116 valence electrons. The maximum atomic E-state index is 13.5. The number of sulfone groups is 1. The van der Waals surface area contributed by atoms with Crippen molar-refractivity contribution in [2.75, 3.05) is 30.9 Å². The molecular formula is C14H18FNO3S2. The van der Waals surface area contributed by atoms with Crippen LogP contribution in [0.3, 0.4) is 0 Å². The van der Waals surface area contributed by atoms with E-state index in [0.717, 1.165) is 5.75 Å². The van der Waals surface area contributed by atoms with Crippen molar-refractivity contribution in [1.29, 1.82) is 0 Å². The van der Waals surface area contributed by atoms with Crippen LogP contribution in [0.1, 0.15) is 16.8 Å². The molecule has 0 spiro atoms. The second kappa shape index (κ2) is 6.89. The second-order valence-electron chi connectivity index (χ2n) is 5.05. The Morgan fingerprint density at radius 1 is 1.43 bits per heavy atom. The summed E-state index contributed by atoms with van der Waals surface area (Å²) in [5.41, 5.74) is 0.0693. The van der Waals surface area contributed by atoms with Crippen molar-refractivity contribution in [3.63, 3.8) is 0 Å². The molecule has 21 heavy (non-hydrogen) atoms. The van der Waals surface area contributed by atoms with Gasteiger partial charge in [-0.05, 0) is 12.1 Å². The molecule has 1 fully saturated rings. The van der Waals surface area contributed by atoms with Crippen LogP contribution < -0.4 is 0 Å². The van der Waals surface area contributed by atoms with Crippen molar-refractivity contribution in [3.8, 4) is 0 Å². The lowest BCUT2D eigenvalue weighted by Gasteiger charge is -2.33. The molecule has 1 aliphatic heterocycles. The third-order valence-electron chi connectivity index (χ3n) is 3.49. The number of hydrogen-bond acceptors (Lipinski definition) is 5. The maximum Gasteiger partial charge on any atom is 0.167 e. The number of hydrogen-bond donors (Lipinski definition) is 0. The van der Waals surface area contributed by atoms with Crippen molar-refractivity contribution in [2.45, 2.75) is 11.8 Å². The summed E-state index contributed by atoms with van der Waals surface area (Å²) >= 11 is 1.60. The molecular weight excluding hydrogens is 313 g/mol. The number of ketones is 1. The summed E-state index contributed by atoms with van der Waals surface area (Å²) in [5, 5.41) is -0.551. The lowest BCUT2D eigenvalue weighted by atomic mass is 10.1. The summed E-state index contributed by atoms with van der Waals surface area (Å²) < 4.78 is 37.1. The zero-order valence-electron chi connectivity index (χ0n) is 11.8. The predicted molar refractivity (Wildman–Crippen MR) is 82.9 cm³/mol. The lowest BCUT2D eigenvalue weighted by Crippen LogP contribution is -2.47. The summed E-state index contributed by atoms with van der Waals surface area (Å²) in [6.45, 7) is 0.971. The number of halogens is 1. The van der Waals surface area contributed by atoms with E-state index in [1.54, 1.807) is 17.8 Å². The third kappa shape index (κ3) is 4.28. The monoisotopic (exact) mass is 331 g/mol. The quantitative estimate of drug-likeness (QED) is 0.771. The van der Waals surface area contributed by atoms with Gasteiger partial charge < -0.3 is 0 Å². The van der Waals surface area contributed by atoms with Crippen LogP contribution in [0.2, 0.25) is 0 Å². The van der Waals surface area contributed by atoms with Crippen LogP contribution >= 0.6 is 11.8 Å². The van der Waals surface area contributed by atoms with E-state index in [-0.39, 0.29) is 17.8 Å². The summed E-state index contributed by atoms with van der Waals surface area (Å²) in [7, 11) is -3.18. The molecule has 1 aromatic carbocycles. The van der Waals surface area contributed by atoms with Crippen LogP contribution in [-0.4, -0.2) is 55.3 Å². The van der Waals surface area contributed by atoms with Gasteiger partial charge in [0, 0.05) is 37.3 Å². The van der Waals surface area contributed by atoms with Crippen molar-refractivity contribution in [2.24, 2.45) is 0 Å². The Morgan fingerprint density at radius 2 is 2.14 bits per heavy atom. The van der Waals surface area contributed by atoms with E-state index in [4.69, 9.17) is 0 Å². The van der Waals surface area contributed by atoms with Gasteiger partial charge in [-0.1, -0.05) is 12.1 Å². The average molecular weight is 331 g/mol. The van der Waals surface area contributed by atoms with Gasteiger partial charge in [-0.25, -0.2) is 12.8 Å². The molecule has 0 aromatic heterocycles. The first-order valence-corrected chi connectivity index (χ1v) is 9.79. The van der Waals surface area contributed by atoms with Crippen molar-refractivity contribution < 1.29 is 17.6 Å². The highest BCUT2D eigenvalue weighted by Crippen LogP contribution is 2.21. The SMILES string of the molecule is CS(=O)(=O)C1CSCCN1CCC(=O)c1ccccc1F. The van der Waals surface area contributed by atoms with E-state index in [2.05, 4.69) is 0 Å². The van der Waals surface area contributed by atoms with Gasteiger partial charge >= 0.3 is 0 Å². The fourth-order valence-corrected chi connectivity index (χ4v) is 5.31. The maximum absolute atomic E-state index is 13.5. The van der Waals surface area contributed by atoms with Crippen LogP contribution in [0.25, 0.3) is 0 Å². The fraction of sp³-hybridized carbons (Fsp3) is 0.500. The Morgan fingerprint density at radius 3 is 2.81 bits per heavy atom. The van der Waals surface area contributed by atoms with Gasteiger partial charge in [0.25, 0.3) is 0 Å². The first-order valence-electron chi connectivity index (χ1n) is 6.68. The minimum absolute atomic E-state index is 0.0693. The minimum atomic E-state index is -3.18. The van der Waals surface area contributed by atoms with Gasteiger partial charge in [0.05, 0.1) is 5.56 Å². The molecule has 0 aliphatic carbocycles. The van der Waals surface area contributed by atoms with E-state index >= 15 is 0 Å². The number of rotatable bonds is 5. The Hall–Kier alpha value is -0.920. The number of Topliss-reactive ketones (excluding diaryl/α,β-unsaturated/α-hetero) is 1. The summed E-state index contributed by atoms with van der Waals surface area (Å²) in [5.74, 6) is 0.544. The van der Waals surface area contributed by atoms with Crippen LogP contribution in [0.4, 0.5) is 4.39 Å².